The van der Waals surface area contributed by atoms with Crippen molar-refractivity contribution in [2.45, 2.75) is 26.2 Å². The molecule has 2 aromatic carbocycles. The Morgan fingerprint density at radius 3 is 2.17 bits per heavy atom. The van der Waals surface area contributed by atoms with Crippen molar-refractivity contribution in [3.63, 3.8) is 0 Å². The average molecular weight is 240 g/mol. The van der Waals surface area contributed by atoms with E-state index in [4.69, 9.17) is 4.74 Å². The van der Waals surface area contributed by atoms with Crippen LogP contribution in [0.25, 0.3) is 0 Å². The summed E-state index contributed by atoms with van der Waals surface area (Å²) in [5.74, 6) is 0.923. The van der Waals surface area contributed by atoms with Gasteiger partial charge in [-0.05, 0) is 48.1 Å². The van der Waals surface area contributed by atoms with E-state index in [9.17, 15) is 0 Å². The zero-order valence-electron chi connectivity index (χ0n) is 11.1. The van der Waals surface area contributed by atoms with Crippen molar-refractivity contribution in [3.05, 3.63) is 65.2 Å². The Balaban J connectivity index is 1.97. The van der Waals surface area contributed by atoms with Crippen molar-refractivity contribution in [1.82, 2.24) is 0 Å². The second kappa shape index (κ2) is 6.25. The highest BCUT2D eigenvalue weighted by Crippen LogP contribution is 2.14. The van der Waals surface area contributed by atoms with Gasteiger partial charge in [-0.1, -0.05) is 43.3 Å². The maximum absolute atomic E-state index is 5.16. The van der Waals surface area contributed by atoms with E-state index in [1.807, 2.05) is 12.1 Å². The highest BCUT2D eigenvalue weighted by molar-refractivity contribution is 5.29. The van der Waals surface area contributed by atoms with E-state index >= 15 is 0 Å². The van der Waals surface area contributed by atoms with Gasteiger partial charge in [-0.2, -0.15) is 0 Å². The molecule has 18 heavy (non-hydrogen) atoms. The van der Waals surface area contributed by atoms with Gasteiger partial charge in [0, 0.05) is 0 Å². The Bertz CT molecular complexity index is 485. The summed E-state index contributed by atoms with van der Waals surface area (Å²) in [5, 5.41) is 0. The molecule has 0 saturated heterocycles. The Kier molecular flexibility index (Phi) is 4.40. The fourth-order valence-corrected chi connectivity index (χ4v) is 2.09. The third kappa shape index (κ3) is 3.36. The minimum atomic E-state index is 0.923. The second-order valence-corrected chi connectivity index (χ2v) is 4.52. The zero-order chi connectivity index (χ0) is 12.8. The predicted octanol–water partition coefficient (Wildman–Crippen LogP) is 4.04. The number of hydrogen-bond acceptors (Lipinski definition) is 1. The molecule has 0 amide bonds. The summed E-state index contributed by atoms with van der Waals surface area (Å²) in [5.41, 5.74) is 4.20. The van der Waals surface area contributed by atoms with Crippen molar-refractivity contribution < 1.29 is 4.74 Å². The summed E-state index contributed by atoms with van der Waals surface area (Å²) in [7, 11) is 1.70. The lowest BCUT2D eigenvalue weighted by Gasteiger charge is -2.05. The highest BCUT2D eigenvalue weighted by atomic mass is 16.5. The molecule has 2 rings (SSSR count). The summed E-state index contributed by atoms with van der Waals surface area (Å²) in [4.78, 5) is 0. The van der Waals surface area contributed by atoms with Crippen molar-refractivity contribution in [2.75, 3.05) is 7.11 Å². The fraction of sp³-hybridized carbons (Fsp3) is 0.294. The zero-order valence-corrected chi connectivity index (χ0v) is 11.1. The van der Waals surface area contributed by atoms with Crippen LogP contribution in [-0.4, -0.2) is 7.11 Å². The molecule has 2 aromatic rings. The standard InChI is InChI=1S/C17H20O/c1-3-14-5-4-6-16(13-14)8-7-15-9-11-17(18-2)12-10-15/h4-6,9-13H,3,7-8H2,1-2H3. The van der Waals surface area contributed by atoms with Gasteiger partial charge >= 0.3 is 0 Å². The van der Waals surface area contributed by atoms with Gasteiger partial charge in [-0.15, -0.1) is 0 Å². The van der Waals surface area contributed by atoms with Gasteiger partial charge in [0.2, 0.25) is 0 Å². The number of aryl methyl sites for hydroxylation is 3. The first-order chi connectivity index (χ1) is 8.81. The summed E-state index contributed by atoms with van der Waals surface area (Å²) in [6.07, 6.45) is 3.29. The fourth-order valence-electron chi connectivity index (χ4n) is 2.09. The molecule has 0 atom stereocenters. The first-order valence-electron chi connectivity index (χ1n) is 6.52. The topological polar surface area (TPSA) is 9.23 Å². The van der Waals surface area contributed by atoms with Crippen LogP contribution >= 0.6 is 0 Å². The Labute approximate surface area is 109 Å². The molecular weight excluding hydrogens is 220 g/mol. The number of ether oxygens (including phenoxy) is 1. The van der Waals surface area contributed by atoms with E-state index in [0.717, 1.165) is 25.0 Å². The molecule has 0 aromatic heterocycles. The lowest BCUT2D eigenvalue weighted by molar-refractivity contribution is 0.414. The number of hydrogen-bond donors (Lipinski definition) is 0. The van der Waals surface area contributed by atoms with Crippen LogP contribution < -0.4 is 4.74 Å². The van der Waals surface area contributed by atoms with Crippen molar-refractivity contribution in [2.24, 2.45) is 0 Å². The number of rotatable bonds is 5. The third-order valence-electron chi connectivity index (χ3n) is 3.26. The lowest BCUT2D eigenvalue weighted by Crippen LogP contribution is -1.93. The van der Waals surface area contributed by atoms with Crippen LogP contribution in [0.5, 0.6) is 5.75 Å². The van der Waals surface area contributed by atoms with Crippen LogP contribution in [0.2, 0.25) is 0 Å². The van der Waals surface area contributed by atoms with E-state index in [0.29, 0.717) is 0 Å². The molecule has 0 unspecified atom stereocenters. The molecule has 0 radical (unpaired) electrons. The SMILES string of the molecule is CCc1cccc(CCc2ccc(OC)cc2)c1. The number of benzene rings is 2. The van der Waals surface area contributed by atoms with Crippen LogP contribution in [0.1, 0.15) is 23.6 Å². The van der Waals surface area contributed by atoms with E-state index in [1.165, 1.54) is 16.7 Å². The highest BCUT2D eigenvalue weighted by Gasteiger charge is 1.98. The van der Waals surface area contributed by atoms with Gasteiger partial charge < -0.3 is 4.74 Å². The average Bonchev–Trinajstić information content (AvgIpc) is 2.46. The van der Waals surface area contributed by atoms with Crippen LogP contribution in [0.15, 0.2) is 48.5 Å². The van der Waals surface area contributed by atoms with Crippen LogP contribution in [0.3, 0.4) is 0 Å². The summed E-state index contributed by atoms with van der Waals surface area (Å²) in [6, 6.07) is 17.2. The van der Waals surface area contributed by atoms with E-state index < -0.39 is 0 Å². The van der Waals surface area contributed by atoms with Gasteiger partial charge in [0.1, 0.15) is 5.75 Å². The summed E-state index contributed by atoms with van der Waals surface area (Å²) < 4.78 is 5.16. The quantitative estimate of drug-likeness (QED) is 0.766. The van der Waals surface area contributed by atoms with Gasteiger partial charge in [-0.3, -0.25) is 0 Å². The van der Waals surface area contributed by atoms with Crippen LogP contribution in [0, 0.1) is 0 Å². The summed E-state index contributed by atoms with van der Waals surface area (Å²) in [6.45, 7) is 2.20. The molecule has 0 aliphatic heterocycles. The minimum Gasteiger partial charge on any atom is -0.497 e. The molecule has 0 fully saturated rings. The number of methoxy groups -OCH3 is 1. The van der Waals surface area contributed by atoms with Crippen LogP contribution in [0.4, 0.5) is 0 Å². The Morgan fingerprint density at radius 2 is 1.50 bits per heavy atom. The van der Waals surface area contributed by atoms with E-state index in [2.05, 4.69) is 43.3 Å². The summed E-state index contributed by atoms with van der Waals surface area (Å²) >= 11 is 0. The molecule has 94 valence electrons. The maximum Gasteiger partial charge on any atom is 0.118 e. The molecular formula is C17H20O. The van der Waals surface area contributed by atoms with E-state index in [1.54, 1.807) is 7.11 Å². The minimum absolute atomic E-state index is 0.923. The molecule has 1 heteroatoms. The van der Waals surface area contributed by atoms with Crippen molar-refractivity contribution in [3.8, 4) is 5.75 Å². The molecule has 0 heterocycles. The van der Waals surface area contributed by atoms with Gasteiger partial charge in [-0.25, -0.2) is 0 Å². The maximum atomic E-state index is 5.16. The molecule has 1 nitrogen and oxygen atoms in total. The predicted molar refractivity (Wildman–Crippen MR) is 76.2 cm³/mol. The molecule has 0 aliphatic carbocycles. The third-order valence-corrected chi connectivity index (χ3v) is 3.26. The normalized spacial score (nSPS) is 10.3. The Hall–Kier alpha value is -1.76. The molecule has 0 bridgehead atoms. The smallest absolute Gasteiger partial charge is 0.118 e. The van der Waals surface area contributed by atoms with Gasteiger partial charge in [0.05, 0.1) is 7.11 Å². The second-order valence-electron chi connectivity index (χ2n) is 4.52. The first kappa shape index (κ1) is 12.7. The molecule has 0 saturated carbocycles. The van der Waals surface area contributed by atoms with Crippen LogP contribution in [-0.2, 0) is 19.3 Å². The van der Waals surface area contributed by atoms with Gasteiger partial charge in [0.25, 0.3) is 0 Å². The Morgan fingerprint density at radius 1 is 0.833 bits per heavy atom. The molecule has 0 spiro atoms. The van der Waals surface area contributed by atoms with Crippen molar-refractivity contribution >= 4 is 0 Å². The first-order valence-corrected chi connectivity index (χ1v) is 6.52. The lowest BCUT2D eigenvalue weighted by atomic mass is 10.0. The largest absolute Gasteiger partial charge is 0.497 e. The van der Waals surface area contributed by atoms with Gasteiger partial charge in [0.15, 0.2) is 0 Å². The molecule has 0 N–H and O–H groups in total. The molecule has 0 aliphatic rings. The monoisotopic (exact) mass is 240 g/mol. The van der Waals surface area contributed by atoms with Crippen molar-refractivity contribution in [1.29, 1.82) is 0 Å². The van der Waals surface area contributed by atoms with E-state index in [-0.39, 0.29) is 0 Å².